The summed E-state index contributed by atoms with van der Waals surface area (Å²) < 4.78 is 29.0. The van der Waals surface area contributed by atoms with E-state index >= 15 is 0 Å². The Morgan fingerprint density at radius 1 is 1.39 bits per heavy atom. The fourth-order valence-corrected chi connectivity index (χ4v) is 3.77. The molecule has 1 aliphatic rings. The van der Waals surface area contributed by atoms with Crippen LogP contribution < -0.4 is 4.90 Å². The van der Waals surface area contributed by atoms with Crippen molar-refractivity contribution in [1.29, 1.82) is 0 Å². The normalized spacial score (nSPS) is 20.7. The molecule has 0 aromatic heterocycles. The van der Waals surface area contributed by atoms with Crippen LogP contribution in [0, 0.1) is 6.92 Å². The van der Waals surface area contributed by atoms with E-state index in [9.17, 15) is 13.2 Å². The second-order valence-electron chi connectivity index (χ2n) is 4.38. The van der Waals surface area contributed by atoms with Gasteiger partial charge in [0.25, 0.3) is 0 Å². The van der Waals surface area contributed by atoms with Gasteiger partial charge in [0.2, 0.25) is 9.84 Å². The summed E-state index contributed by atoms with van der Waals surface area (Å²) in [6, 6.07) is 3.12. The average molecular weight is 269 g/mol. The van der Waals surface area contributed by atoms with Crippen molar-refractivity contribution in [1.82, 2.24) is 0 Å². The molecule has 1 heterocycles. The largest absolute Gasteiger partial charge is 0.465 e. The molecule has 1 aliphatic heterocycles. The van der Waals surface area contributed by atoms with Crippen LogP contribution in [0.3, 0.4) is 0 Å². The number of sulfone groups is 1. The molecule has 2 rings (SSSR count). The Morgan fingerprint density at radius 2 is 2.00 bits per heavy atom. The van der Waals surface area contributed by atoms with E-state index in [2.05, 4.69) is 4.74 Å². The van der Waals surface area contributed by atoms with Crippen LogP contribution in [0.4, 0.5) is 5.69 Å². The first-order chi connectivity index (χ1) is 8.30. The molecule has 1 unspecified atom stereocenters. The summed E-state index contributed by atoms with van der Waals surface area (Å²) in [6.45, 7) is 3.39. The fourth-order valence-electron chi connectivity index (χ4n) is 2.09. The van der Waals surface area contributed by atoms with E-state index in [1.54, 1.807) is 31.9 Å². The summed E-state index contributed by atoms with van der Waals surface area (Å²) in [5.41, 5.74) is 1.63. The van der Waals surface area contributed by atoms with Gasteiger partial charge < -0.3 is 9.64 Å². The SMILES string of the molecule is COC(=O)c1cc2c(cc1C)N(C)C(C)S2(=O)=O. The van der Waals surface area contributed by atoms with Gasteiger partial charge in [0.1, 0.15) is 5.37 Å². The number of rotatable bonds is 1. The lowest BCUT2D eigenvalue weighted by atomic mass is 10.1. The first kappa shape index (κ1) is 12.9. The Morgan fingerprint density at radius 3 is 2.56 bits per heavy atom. The van der Waals surface area contributed by atoms with Gasteiger partial charge in [-0.25, -0.2) is 13.2 Å². The van der Waals surface area contributed by atoms with Crippen LogP contribution in [-0.4, -0.2) is 33.9 Å². The van der Waals surface area contributed by atoms with Gasteiger partial charge in [0.15, 0.2) is 0 Å². The van der Waals surface area contributed by atoms with E-state index in [0.29, 0.717) is 16.8 Å². The minimum atomic E-state index is -3.40. The Labute approximate surface area is 106 Å². The third-order valence-corrected chi connectivity index (χ3v) is 5.55. The number of esters is 1. The molecule has 1 atom stereocenters. The second kappa shape index (κ2) is 3.98. The topological polar surface area (TPSA) is 63.7 Å². The molecule has 6 heteroatoms. The van der Waals surface area contributed by atoms with Gasteiger partial charge in [-0.15, -0.1) is 0 Å². The Kier molecular flexibility index (Phi) is 2.85. The highest BCUT2D eigenvalue weighted by Crippen LogP contribution is 2.38. The zero-order valence-electron chi connectivity index (χ0n) is 10.7. The monoisotopic (exact) mass is 269 g/mol. The Bertz CT molecular complexity index is 621. The number of ether oxygens (including phenoxy) is 1. The van der Waals surface area contributed by atoms with Crippen molar-refractivity contribution in [2.75, 3.05) is 19.1 Å². The molecular formula is C12H15NO4S. The van der Waals surface area contributed by atoms with Gasteiger partial charge in [-0.05, 0) is 31.5 Å². The molecule has 0 fully saturated rings. The standard InChI is InChI=1S/C12H15NO4S/c1-7-5-10-11(6-9(7)12(14)17-4)18(15,16)8(2)13(10)3/h5-6,8H,1-4H3. The van der Waals surface area contributed by atoms with Crippen molar-refractivity contribution < 1.29 is 17.9 Å². The van der Waals surface area contributed by atoms with Crippen molar-refractivity contribution in [3.63, 3.8) is 0 Å². The number of hydrogen-bond donors (Lipinski definition) is 0. The lowest BCUT2D eigenvalue weighted by Gasteiger charge is -2.16. The molecule has 1 aromatic carbocycles. The number of anilines is 1. The quantitative estimate of drug-likeness (QED) is 0.720. The van der Waals surface area contributed by atoms with Crippen LogP contribution >= 0.6 is 0 Å². The third kappa shape index (κ3) is 1.59. The van der Waals surface area contributed by atoms with E-state index < -0.39 is 21.2 Å². The van der Waals surface area contributed by atoms with E-state index in [1.165, 1.54) is 13.2 Å². The summed E-state index contributed by atoms with van der Waals surface area (Å²) in [7, 11) is -0.393. The lowest BCUT2D eigenvalue weighted by molar-refractivity contribution is 0.0599. The van der Waals surface area contributed by atoms with Crippen LogP contribution in [0.25, 0.3) is 0 Å². The Balaban J connectivity index is 2.72. The number of aryl methyl sites for hydroxylation is 1. The zero-order chi connectivity index (χ0) is 13.7. The predicted octanol–water partition coefficient (Wildman–Crippen LogP) is 1.35. The number of hydrogen-bond acceptors (Lipinski definition) is 5. The van der Waals surface area contributed by atoms with Crippen LogP contribution in [0.1, 0.15) is 22.8 Å². The number of carbonyl (C=O) groups is 1. The lowest BCUT2D eigenvalue weighted by Crippen LogP contribution is -2.28. The highest BCUT2D eigenvalue weighted by molar-refractivity contribution is 7.92. The van der Waals surface area contributed by atoms with E-state index in [0.717, 1.165) is 0 Å². The van der Waals surface area contributed by atoms with Gasteiger partial charge in [-0.2, -0.15) is 0 Å². The molecule has 0 N–H and O–H groups in total. The molecule has 0 saturated heterocycles. The second-order valence-corrected chi connectivity index (χ2v) is 6.59. The first-order valence-corrected chi connectivity index (χ1v) is 7.05. The van der Waals surface area contributed by atoms with Gasteiger partial charge in [-0.1, -0.05) is 0 Å². The maximum Gasteiger partial charge on any atom is 0.338 e. The first-order valence-electron chi connectivity index (χ1n) is 5.50. The van der Waals surface area contributed by atoms with Crippen molar-refractivity contribution in [2.24, 2.45) is 0 Å². The smallest absolute Gasteiger partial charge is 0.338 e. The summed E-state index contributed by atoms with van der Waals surface area (Å²) in [4.78, 5) is 13.5. The number of fused-ring (bicyclic) bond motifs is 1. The molecule has 0 amide bonds. The van der Waals surface area contributed by atoms with Crippen LogP contribution in [0.2, 0.25) is 0 Å². The number of benzene rings is 1. The number of carbonyl (C=O) groups excluding carboxylic acids is 1. The van der Waals surface area contributed by atoms with Gasteiger partial charge in [-0.3, -0.25) is 0 Å². The molecule has 0 aliphatic carbocycles. The van der Waals surface area contributed by atoms with Crippen molar-refractivity contribution in [3.05, 3.63) is 23.3 Å². The van der Waals surface area contributed by atoms with Crippen LogP contribution in [0.5, 0.6) is 0 Å². The molecule has 5 nitrogen and oxygen atoms in total. The van der Waals surface area contributed by atoms with Crippen molar-refractivity contribution >= 4 is 21.5 Å². The van der Waals surface area contributed by atoms with E-state index in [4.69, 9.17) is 0 Å². The average Bonchev–Trinajstić information content (AvgIpc) is 2.49. The fraction of sp³-hybridized carbons (Fsp3) is 0.417. The maximum absolute atomic E-state index is 12.2. The highest BCUT2D eigenvalue weighted by Gasteiger charge is 2.38. The molecule has 18 heavy (non-hydrogen) atoms. The minimum absolute atomic E-state index is 0.198. The minimum Gasteiger partial charge on any atom is -0.465 e. The Hall–Kier alpha value is -1.56. The highest BCUT2D eigenvalue weighted by atomic mass is 32.2. The van der Waals surface area contributed by atoms with Crippen molar-refractivity contribution in [2.45, 2.75) is 24.1 Å². The van der Waals surface area contributed by atoms with Crippen LogP contribution in [0.15, 0.2) is 17.0 Å². The summed E-state index contributed by atoms with van der Waals surface area (Å²) in [5.74, 6) is -0.521. The van der Waals surface area contributed by atoms with Crippen molar-refractivity contribution in [3.8, 4) is 0 Å². The maximum atomic E-state index is 12.2. The third-order valence-electron chi connectivity index (χ3n) is 3.39. The molecule has 1 aromatic rings. The van der Waals surface area contributed by atoms with Gasteiger partial charge in [0, 0.05) is 7.05 Å². The summed E-state index contributed by atoms with van der Waals surface area (Å²) >= 11 is 0. The number of nitrogens with zero attached hydrogens (tertiary/aromatic N) is 1. The molecular weight excluding hydrogens is 254 g/mol. The zero-order valence-corrected chi connectivity index (χ0v) is 11.5. The molecule has 0 saturated carbocycles. The van der Waals surface area contributed by atoms with Gasteiger partial charge in [0.05, 0.1) is 23.3 Å². The van der Waals surface area contributed by atoms with E-state index in [-0.39, 0.29) is 4.90 Å². The predicted molar refractivity (Wildman–Crippen MR) is 67.6 cm³/mol. The molecule has 0 spiro atoms. The molecule has 0 bridgehead atoms. The molecule has 0 radical (unpaired) electrons. The summed E-state index contributed by atoms with van der Waals surface area (Å²) in [6.07, 6.45) is 0. The molecule has 98 valence electrons. The van der Waals surface area contributed by atoms with E-state index in [1.807, 2.05) is 0 Å². The summed E-state index contributed by atoms with van der Waals surface area (Å²) in [5, 5.41) is -0.611. The van der Waals surface area contributed by atoms with Gasteiger partial charge >= 0.3 is 5.97 Å². The van der Waals surface area contributed by atoms with Crippen LogP contribution in [-0.2, 0) is 14.6 Å². The number of methoxy groups -OCH3 is 1.